The average Bonchev–Trinajstić information content (AvgIpc) is 3.84. The van der Waals surface area contributed by atoms with E-state index in [0.29, 0.717) is 11.4 Å². The fourth-order valence-electron chi connectivity index (χ4n) is 7.01. The minimum atomic E-state index is -0.876. The van der Waals surface area contributed by atoms with Gasteiger partial charge < -0.3 is 20.8 Å². The van der Waals surface area contributed by atoms with Crippen molar-refractivity contribution in [2.45, 2.75) is 96.1 Å². The molecule has 2 amide bonds. The van der Waals surface area contributed by atoms with E-state index in [4.69, 9.17) is 0 Å². The second-order valence-electron chi connectivity index (χ2n) is 13.4. The standard InChI is InChI=1S/C20H24N2O3S.C19H22N2O3S/c1-13-7-5-6-10-15(13)20-22-17(12-26-20)19(25)21-16(11-18(23)24)14-8-3-2-4-9-14;22-17(23)11-15(13-7-3-1-4-8-13)20-18(24)16-12-25-19(21-16)14-9-5-2-6-10-14/h5-7,10,12,14,16H,2-4,8-9,11H2,1H3,(H,21,25)(H,23,24);2,5-6,9-10,12-13,15H,1,3-4,7-8,11H2,(H,20,24)(H,22,23). The minimum Gasteiger partial charge on any atom is -0.481 e. The molecule has 2 saturated carbocycles. The first-order valence-electron chi connectivity index (χ1n) is 17.8. The van der Waals surface area contributed by atoms with E-state index in [9.17, 15) is 29.4 Å². The van der Waals surface area contributed by atoms with Crippen molar-refractivity contribution in [1.29, 1.82) is 0 Å². The van der Waals surface area contributed by atoms with E-state index in [-0.39, 0.29) is 48.6 Å². The lowest BCUT2D eigenvalue weighted by molar-refractivity contribution is -0.139. The van der Waals surface area contributed by atoms with Crippen molar-refractivity contribution in [3.05, 3.63) is 82.3 Å². The molecular weight excluding hydrogens is 685 g/mol. The molecule has 0 aliphatic heterocycles. The fourth-order valence-corrected chi connectivity index (χ4v) is 8.71. The number of nitrogens with zero attached hydrogens (tertiary/aromatic N) is 2. The number of carbonyl (C=O) groups is 4. The molecule has 0 radical (unpaired) electrons. The predicted octanol–water partition coefficient (Wildman–Crippen LogP) is 8.24. The lowest BCUT2D eigenvalue weighted by atomic mass is 9.82. The van der Waals surface area contributed by atoms with E-state index in [0.717, 1.165) is 78.1 Å². The molecule has 4 N–H and O–H groups in total. The van der Waals surface area contributed by atoms with Crippen LogP contribution in [0.3, 0.4) is 0 Å². The highest BCUT2D eigenvalue weighted by Crippen LogP contribution is 2.31. The van der Waals surface area contributed by atoms with Crippen molar-refractivity contribution in [3.8, 4) is 21.1 Å². The molecule has 2 aliphatic rings. The van der Waals surface area contributed by atoms with Gasteiger partial charge in [-0.3, -0.25) is 19.2 Å². The number of carbonyl (C=O) groups excluding carboxylic acids is 2. The van der Waals surface area contributed by atoms with Crippen molar-refractivity contribution < 1.29 is 29.4 Å². The number of nitrogens with one attached hydrogen (secondary N) is 2. The fraction of sp³-hybridized carbons (Fsp3) is 0.436. The Morgan fingerprint density at radius 3 is 1.61 bits per heavy atom. The highest BCUT2D eigenvalue weighted by Gasteiger charge is 2.29. The third-order valence-corrected chi connectivity index (χ3v) is 11.5. The minimum absolute atomic E-state index is 0.0356. The third-order valence-electron chi connectivity index (χ3n) is 9.73. The molecule has 0 spiro atoms. The van der Waals surface area contributed by atoms with Crippen LogP contribution >= 0.6 is 22.7 Å². The summed E-state index contributed by atoms with van der Waals surface area (Å²) in [5, 5.41) is 29.3. The Bertz CT molecular complexity index is 1760. The van der Waals surface area contributed by atoms with Gasteiger partial charge in [-0.1, -0.05) is 93.1 Å². The SMILES string of the molecule is Cc1ccccc1-c1nc(C(=O)NC(CC(=O)O)C2CCCCC2)cs1.O=C(O)CC(NC(=O)c1csc(-c2ccccc2)n1)C1CCCCC1. The van der Waals surface area contributed by atoms with Gasteiger partial charge in [0.05, 0.1) is 12.8 Å². The van der Waals surface area contributed by atoms with Crippen LogP contribution < -0.4 is 10.6 Å². The highest BCUT2D eigenvalue weighted by atomic mass is 32.1. The molecule has 270 valence electrons. The van der Waals surface area contributed by atoms with Gasteiger partial charge in [0.2, 0.25) is 0 Å². The summed E-state index contributed by atoms with van der Waals surface area (Å²) < 4.78 is 0. The van der Waals surface area contributed by atoms with Crippen molar-refractivity contribution in [2.24, 2.45) is 11.8 Å². The molecule has 2 aromatic carbocycles. The van der Waals surface area contributed by atoms with Crippen LogP contribution in [0, 0.1) is 18.8 Å². The van der Waals surface area contributed by atoms with Gasteiger partial charge in [-0.05, 0) is 50.0 Å². The Morgan fingerprint density at radius 1 is 0.667 bits per heavy atom. The molecule has 2 aliphatic carbocycles. The van der Waals surface area contributed by atoms with Crippen LogP contribution in [-0.4, -0.2) is 56.0 Å². The number of carboxylic acid groups (broad SMARTS) is 2. The highest BCUT2D eigenvalue weighted by molar-refractivity contribution is 7.13. The molecule has 2 heterocycles. The molecule has 2 unspecified atom stereocenters. The van der Waals surface area contributed by atoms with Gasteiger partial charge in [0.15, 0.2) is 0 Å². The summed E-state index contributed by atoms with van der Waals surface area (Å²) in [5.41, 5.74) is 3.82. The van der Waals surface area contributed by atoms with E-state index in [1.54, 1.807) is 10.8 Å². The summed E-state index contributed by atoms with van der Waals surface area (Å²) in [4.78, 5) is 56.5. The quantitative estimate of drug-likeness (QED) is 0.113. The van der Waals surface area contributed by atoms with Crippen LogP contribution in [-0.2, 0) is 9.59 Å². The first kappa shape index (κ1) is 37.8. The maximum atomic E-state index is 12.6. The van der Waals surface area contributed by atoms with Gasteiger partial charge in [0.1, 0.15) is 21.4 Å². The zero-order valence-corrected chi connectivity index (χ0v) is 30.5. The summed E-state index contributed by atoms with van der Waals surface area (Å²) in [7, 11) is 0. The van der Waals surface area contributed by atoms with E-state index >= 15 is 0 Å². The molecule has 0 bridgehead atoms. The van der Waals surface area contributed by atoms with Crippen molar-refractivity contribution in [3.63, 3.8) is 0 Å². The number of carboxylic acids is 2. The summed E-state index contributed by atoms with van der Waals surface area (Å²) in [6, 6.07) is 17.0. The van der Waals surface area contributed by atoms with Gasteiger partial charge in [0.25, 0.3) is 11.8 Å². The van der Waals surface area contributed by atoms with Crippen LogP contribution in [0.1, 0.15) is 104 Å². The summed E-state index contributed by atoms with van der Waals surface area (Å²) >= 11 is 2.85. The maximum absolute atomic E-state index is 12.6. The van der Waals surface area contributed by atoms with Crippen LogP contribution in [0.15, 0.2) is 65.4 Å². The molecule has 0 saturated heterocycles. The number of thiazole rings is 2. The molecule has 51 heavy (non-hydrogen) atoms. The molecule has 6 rings (SSSR count). The number of aromatic nitrogens is 2. The lowest BCUT2D eigenvalue weighted by Crippen LogP contribution is -2.42. The summed E-state index contributed by atoms with van der Waals surface area (Å²) in [6.07, 6.45) is 10.6. The molecule has 4 aromatic rings. The van der Waals surface area contributed by atoms with Crippen LogP contribution in [0.4, 0.5) is 0 Å². The van der Waals surface area contributed by atoms with Crippen LogP contribution in [0.5, 0.6) is 0 Å². The van der Waals surface area contributed by atoms with Crippen molar-refractivity contribution in [1.82, 2.24) is 20.6 Å². The monoisotopic (exact) mass is 730 g/mol. The Morgan fingerprint density at radius 2 is 1.12 bits per heavy atom. The second-order valence-corrected chi connectivity index (χ2v) is 15.1. The Hall–Kier alpha value is -4.42. The number of aliphatic carboxylic acids is 2. The number of rotatable bonds is 12. The molecule has 12 heteroatoms. The van der Waals surface area contributed by atoms with Gasteiger partial charge in [-0.15, -0.1) is 22.7 Å². The largest absolute Gasteiger partial charge is 0.481 e. The lowest BCUT2D eigenvalue weighted by Gasteiger charge is -2.29. The van der Waals surface area contributed by atoms with E-state index in [2.05, 4.69) is 20.6 Å². The van der Waals surface area contributed by atoms with E-state index < -0.39 is 11.9 Å². The molecule has 2 atom stereocenters. The maximum Gasteiger partial charge on any atom is 0.305 e. The first-order valence-corrected chi connectivity index (χ1v) is 19.5. The van der Waals surface area contributed by atoms with Crippen LogP contribution in [0.2, 0.25) is 0 Å². The number of aryl methyl sites for hydroxylation is 1. The number of hydrogen-bond donors (Lipinski definition) is 4. The van der Waals surface area contributed by atoms with Gasteiger partial charge >= 0.3 is 11.9 Å². The van der Waals surface area contributed by atoms with E-state index in [1.807, 2.05) is 61.5 Å². The van der Waals surface area contributed by atoms with Crippen molar-refractivity contribution in [2.75, 3.05) is 0 Å². The predicted molar refractivity (Wildman–Crippen MR) is 200 cm³/mol. The number of amides is 2. The molecule has 2 fully saturated rings. The summed E-state index contributed by atoms with van der Waals surface area (Å²) in [5.74, 6) is -1.84. The molecular formula is C39H46N4O6S2. The van der Waals surface area contributed by atoms with Gasteiger partial charge in [-0.25, -0.2) is 9.97 Å². The zero-order valence-electron chi connectivity index (χ0n) is 28.9. The Labute approximate surface area is 306 Å². The molecule has 2 aromatic heterocycles. The van der Waals surface area contributed by atoms with Crippen molar-refractivity contribution >= 4 is 46.4 Å². The smallest absolute Gasteiger partial charge is 0.305 e. The second kappa shape index (κ2) is 18.7. The Kier molecular flexibility index (Phi) is 13.9. The normalized spacial score (nSPS) is 16.3. The van der Waals surface area contributed by atoms with Crippen LogP contribution in [0.25, 0.3) is 21.1 Å². The molecule has 10 nitrogen and oxygen atoms in total. The van der Waals surface area contributed by atoms with Gasteiger partial charge in [0, 0.05) is 34.0 Å². The number of hydrogen-bond acceptors (Lipinski definition) is 8. The zero-order chi connectivity index (χ0) is 36.2. The van der Waals surface area contributed by atoms with Gasteiger partial charge in [-0.2, -0.15) is 0 Å². The summed E-state index contributed by atoms with van der Waals surface area (Å²) in [6.45, 7) is 2.02. The third kappa shape index (κ3) is 11.0. The topological polar surface area (TPSA) is 159 Å². The first-order chi connectivity index (χ1) is 24.7. The average molecular weight is 731 g/mol. The van der Waals surface area contributed by atoms with E-state index in [1.165, 1.54) is 35.5 Å². The Balaban J connectivity index is 0.000000198. The number of benzene rings is 2.